The zero-order chi connectivity index (χ0) is 26.0. The molecule has 0 aromatic heterocycles. The number of methoxy groups -OCH3 is 1. The average molecular weight is 522 g/mol. The first-order valence-electron chi connectivity index (χ1n) is 11.9. The summed E-state index contributed by atoms with van der Waals surface area (Å²) in [5.74, 6) is 0.419. The Kier molecular flexibility index (Phi) is 8.13. The van der Waals surface area contributed by atoms with Gasteiger partial charge in [-0.1, -0.05) is 19.6 Å². The number of nitrogens with zero attached hydrogens (tertiary/aromatic N) is 1. The van der Waals surface area contributed by atoms with Crippen molar-refractivity contribution in [3.05, 3.63) is 58.5 Å². The Morgan fingerprint density at radius 1 is 1.14 bits per heavy atom. The normalized spacial score (nSPS) is 18.5. The Labute approximate surface area is 209 Å². The summed E-state index contributed by atoms with van der Waals surface area (Å²) in [5.41, 5.74) is 3.51. The number of fused-ring (bicyclic) bond motifs is 1. The molecule has 9 heteroatoms. The van der Waals surface area contributed by atoms with E-state index in [0.717, 1.165) is 23.4 Å². The van der Waals surface area contributed by atoms with Gasteiger partial charge in [-0.15, -0.1) is 0 Å². The summed E-state index contributed by atoms with van der Waals surface area (Å²) in [7, 11) is -5.96. The minimum Gasteiger partial charge on any atom is -0.497 e. The summed E-state index contributed by atoms with van der Waals surface area (Å²) < 4.78 is 65.2. The van der Waals surface area contributed by atoms with Crippen molar-refractivity contribution in [1.29, 1.82) is 0 Å². The smallest absolute Gasteiger partial charge is 0.265 e. The van der Waals surface area contributed by atoms with Crippen molar-refractivity contribution < 1.29 is 30.7 Å². The van der Waals surface area contributed by atoms with Gasteiger partial charge in [-0.3, -0.25) is 4.55 Å². The predicted molar refractivity (Wildman–Crippen MR) is 139 cm³/mol. The highest BCUT2D eigenvalue weighted by Crippen LogP contribution is 2.42. The Morgan fingerprint density at radius 2 is 1.86 bits per heavy atom. The molecule has 0 unspecified atom stereocenters. The zero-order valence-electron chi connectivity index (χ0n) is 20.9. The number of sulfone groups is 1. The summed E-state index contributed by atoms with van der Waals surface area (Å²) in [4.78, 5) is 0.260. The molecule has 1 aromatic carbocycles. The molecule has 0 atom stereocenters. The maximum atomic E-state index is 13.0. The lowest BCUT2D eigenvalue weighted by atomic mass is 9.81. The van der Waals surface area contributed by atoms with Crippen LogP contribution in [0.5, 0.6) is 5.75 Å². The van der Waals surface area contributed by atoms with Crippen LogP contribution in [0.3, 0.4) is 0 Å². The first-order valence-corrected chi connectivity index (χ1v) is 15.1. The second kappa shape index (κ2) is 10.4. The third-order valence-electron chi connectivity index (χ3n) is 6.58. The van der Waals surface area contributed by atoms with Gasteiger partial charge in [-0.25, -0.2) is 8.42 Å². The Bertz CT molecular complexity index is 1320. The summed E-state index contributed by atoms with van der Waals surface area (Å²) in [5, 5.41) is 0. The van der Waals surface area contributed by atoms with Gasteiger partial charge in [0, 0.05) is 24.1 Å². The molecule has 1 aliphatic heterocycles. The SMILES string of the molecule is [CH]=C1CCCC(/C=C/C2=[N+](CCCS(=O)(=O)O)c3ccc(OC)cc3C2(C)C)=C1S(=O)(=O)CCC. The lowest BCUT2D eigenvalue weighted by Gasteiger charge is -2.21. The lowest BCUT2D eigenvalue weighted by molar-refractivity contribution is -0.437. The van der Waals surface area contributed by atoms with Crippen molar-refractivity contribution in [2.24, 2.45) is 0 Å². The van der Waals surface area contributed by atoms with Crippen LogP contribution >= 0.6 is 0 Å². The van der Waals surface area contributed by atoms with E-state index < -0.39 is 25.4 Å². The highest BCUT2D eigenvalue weighted by Gasteiger charge is 2.44. The Hall–Kier alpha value is -2.23. The fourth-order valence-corrected chi connectivity index (χ4v) is 7.25. The van der Waals surface area contributed by atoms with Gasteiger partial charge < -0.3 is 4.74 Å². The highest BCUT2D eigenvalue weighted by molar-refractivity contribution is 7.95. The summed E-state index contributed by atoms with van der Waals surface area (Å²) in [6, 6.07) is 5.76. The van der Waals surface area contributed by atoms with Crippen LogP contribution in [0.25, 0.3) is 0 Å². The Morgan fingerprint density at radius 3 is 2.49 bits per heavy atom. The lowest BCUT2D eigenvalue weighted by Crippen LogP contribution is -2.28. The monoisotopic (exact) mass is 521 g/mol. The molecule has 0 spiro atoms. The number of benzene rings is 1. The van der Waals surface area contributed by atoms with E-state index in [1.165, 1.54) is 0 Å². The molecule has 7 nitrogen and oxygen atoms in total. The minimum absolute atomic E-state index is 0.0510. The molecule has 191 valence electrons. The predicted octanol–water partition coefficient (Wildman–Crippen LogP) is 4.53. The second-order valence-corrected chi connectivity index (χ2v) is 13.2. The van der Waals surface area contributed by atoms with Crippen molar-refractivity contribution in [2.45, 2.75) is 58.3 Å². The van der Waals surface area contributed by atoms with E-state index in [1.54, 1.807) is 7.11 Å². The summed E-state index contributed by atoms with van der Waals surface area (Å²) in [6.45, 7) is 12.5. The molecular formula is C26H35NO6S2+. The first kappa shape index (κ1) is 27.4. The summed E-state index contributed by atoms with van der Waals surface area (Å²) in [6.07, 6.45) is 6.48. The van der Waals surface area contributed by atoms with Crippen molar-refractivity contribution in [3.63, 3.8) is 0 Å². The second-order valence-electron chi connectivity index (χ2n) is 9.57. The third-order valence-corrected chi connectivity index (χ3v) is 9.48. The van der Waals surface area contributed by atoms with Crippen LogP contribution in [0, 0.1) is 6.58 Å². The molecule has 0 bridgehead atoms. The van der Waals surface area contributed by atoms with Gasteiger partial charge in [0.05, 0.1) is 28.9 Å². The number of rotatable bonds is 10. The fraction of sp³-hybridized carbons (Fsp3) is 0.500. The summed E-state index contributed by atoms with van der Waals surface area (Å²) >= 11 is 0. The van der Waals surface area contributed by atoms with Crippen LogP contribution < -0.4 is 4.74 Å². The van der Waals surface area contributed by atoms with Crippen molar-refractivity contribution in [1.82, 2.24) is 0 Å². The topological polar surface area (TPSA) is 101 Å². The maximum absolute atomic E-state index is 13.0. The van der Waals surface area contributed by atoms with Gasteiger partial charge in [0.1, 0.15) is 12.3 Å². The van der Waals surface area contributed by atoms with Gasteiger partial charge in [0.2, 0.25) is 5.69 Å². The fourth-order valence-electron chi connectivity index (χ4n) is 4.94. The van der Waals surface area contributed by atoms with E-state index in [4.69, 9.17) is 11.3 Å². The third kappa shape index (κ3) is 5.95. The van der Waals surface area contributed by atoms with Crippen molar-refractivity contribution in [2.75, 3.05) is 25.2 Å². The quantitative estimate of drug-likeness (QED) is 0.359. The molecular weight excluding hydrogens is 486 g/mol. The molecule has 0 fully saturated rings. The van der Waals surface area contributed by atoms with E-state index in [-0.39, 0.29) is 22.8 Å². The van der Waals surface area contributed by atoms with Crippen LogP contribution in [0.4, 0.5) is 5.69 Å². The van der Waals surface area contributed by atoms with Gasteiger partial charge in [-0.2, -0.15) is 13.0 Å². The van der Waals surface area contributed by atoms with E-state index in [1.807, 2.05) is 41.9 Å². The van der Waals surface area contributed by atoms with Crippen molar-refractivity contribution in [3.8, 4) is 5.75 Å². The zero-order valence-corrected chi connectivity index (χ0v) is 22.5. The van der Waals surface area contributed by atoms with Crippen LogP contribution in [0.1, 0.15) is 58.4 Å². The van der Waals surface area contributed by atoms with E-state index >= 15 is 0 Å². The Balaban J connectivity index is 2.12. The number of hydrogen-bond acceptors (Lipinski definition) is 5. The van der Waals surface area contributed by atoms with Crippen LogP contribution in [-0.4, -0.2) is 56.8 Å². The molecule has 1 aromatic rings. The molecule has 2 aliphatic rings. The van der Waals surface area contributed by atoms with E-state index in [9.17, 15) is 21.4 Å². The molecule has 3 rings (SSSR count). The molecule has 0 saturated heterocycles. The van der Waals surface area contributed by atoms with Crippen molar-refractivity contribution >= 4 is 31.4 Å². The van der Waals surface area contributed by atoms with E-state index in [2.05, 4.69) is 13.8 Å². The average Bonchev–Trinajstić information content (AvgIpc) is 2.96. The van der Waals surface area contributed by atoms with E-state index in [0.29, 0.717) is 42.7 Å². The standard InChI is InChI=1S/C26H34NO6S2/c1-6-16-34(28,29)25-19(2)9-7-10-20(25)11-14-24-26(3,4)22-18-21(33-5)12-13-23(22)27(24)15-8-17-35(30,31)32/h2,11-14,18H,6-10,15-17H2,1,3-5H3/p+1/b14-11+,19-2?. The largest absolute Gasteiger partial charge is 0.497 e. The van der Waals surface area contributed by atoms with Gasteiger partial charge in [-0.05, 0) is 62.8 Å². The van der Waals surface area contributed by atoms with Gasteiger partial charge >= 0.3 is 0 Å². The molecule has 1 radical (unpaired) electrons. The molecule has 1 N–H and O–H groups in total. The van der Waals surface area contributed by atoms with Gasteiger partial charge in [0.15, 0.2) is 15.5 Å². The number of ether oxygens (including phenoxy) is 1. The van der Waals surface area contributed by atoms with Crippen LogP contribution in [-0.2, 0) is 25.4 Å². The molecule has 0 amide bonds. The maximum Gasteiger partial charge on any atom is 0.265 e. The highest BCUT2D eigenvalue weighted by atomic mass is 32.2. The number of hydrogen-bond donors (Lipinski definition) is 1. The molecule has 1 heterocycles. The molecule has 35 heavy (non-hydrogen) atoms. The minimum atomic E-state index is -4.08. The molecule has 0 saturated carbocycles. The molecule has 1 aliphatic carbocycles. The number of allylic oxidation sites excluding steroid dienone is 4. The van der Waals surface area contributed by atoms with Crippen LogP contribution in [0.2, 0.25) is 0 Å². The van der Waals surface area contributed by atoms with Crippen LogP contribution in [0.15, 0.2) is 46.4 Å². The van der Waals surface area contributed by atoms with Gasteiger partial charge in [0.25, 0.3) is 10.1 Å². The first-order chi connectivity index (χ1) is 16.3.